The number of hydrogen-bond acceptors (Lipinski definition) is 6. The van der Waals surface area contributed by atoms with E-state index in [1.165, 1.54) is 19.2 Å². The number of carbonyl (C=O) groups is 1. The summed E-state index contributed by atoms with van der Waals surface area (Å²) in [6.07, 6.45) is 0.419. The fourth-order valence-corrected chi connectivity index (χ4v) is 5.84. The topological polar surface area (TPSA) is 85.2 Å². The third-order valence-electron chi connectivity index (χ3n) is 5.38. The van der Waals surface area contributed by atoms with Crippen LogP contribution in [0.25, 0.3) is 11.6 Å². The van der Waals surface area contributed by atoms with E-state index in [9.17, 15) is 15.0 Å². The van der Waals surface area contributed by atoms with Crippen LogP contribution in [0.5, 0.6) is 17.2 Å². The van der Waals surface area contributed by atoms with Crippen molar-refractivity contribution in [2.45, 2.75) is 6.10 Å². The number of halogens is 3. The summed E-state index contributed by atoms with van der Waals surface area (Å²) in [7, 11) is 3.11. The van der Waals surface area contributed by atoms with Crippen LogP contribution in [0.15, 0.2) is 79.3 Å². The van der Waals surface area contributed by atoms with E-state index in [-0.39, 0.29) is 17.1 Å². The van der Waals surface area contributed by atoms with E-state index in [4.69, 9.17) is 14.2 Å². The molecule has 6 nitrogen and oxygen atoms in total. The lowest BCUT2D eigenvalue weighted by Crippen LogP contribution is -2.10. The Kier molecular flexibility index (Phi) is 7.70. The quantitative estimate of drug-likeness (QED) is 0.282. The highest BCUT2D eigenvalue weighted by Gasteiger charge is 2.36. The minimum atomic E-state index is -1.29. The number of aliphatic hydroxyl groups is 1. The van der Waals surface area contributed by atoms with Gasteiger partial charge in [0.2, 0.25) is 0 Å². The molecule has 1 aliphatic rings. The lowest BCUT2D eigenvalue weighted by Gasteiger charge is -2.15. The van der Waals surface area contributed by atoms with Gasteiger partial charge < -0.3 is 24.4 Å². The molecular formula is C26H19Br3O6. The molecule has 0 bridgehead atoms. The molecule has 3 aromatic carbocycles. The fourth-order valence-electron chi connectivity index (χ4n) is 3.74. The van der Waals surface area contributed by atoms with E-state index in [0.717, 1.165) is 10.0 Å². The van der Waals surface area contributed by atoms with Crippen LogP contribution in [0.3, 0.4) is 0 Å². The van der Waals surface area contributed by atoms with Gasteiger partial charge in [0.05, 0.1) is 33.2 Å². The first-order valence-corrected chi connectivity index (χ1v) is 12.6. The Morgan fingerprint density at radius 3 is 2.14 bits per heavy atom. The third-order valence-corrected chi connectivity index (χ3v) is 7.18. The second kappa shape index (κ2) is 10.6. The molecule has 0 saturated carbocycles. The van der Waals surface area contributed by atoms with Gasteiger partial charge in [0.15, 0.2) is 0 Å². The van der Waals surface area contributed by atoms with Crippen LogP contribution in [0.2, 0.25) is 0 Å². The van der Waals surface area contributed by atoms with Crippen molar-refractivity contribution in [3.05, 3.63) is 96.0 Å². The summed E-state index contributed by atoms with van der Waals surface area (Å²) in [4.78, 5) is 13.1. The summed E-state index contributed by atoms with van der Waals surface area (Å²) in [5.41, 5.74) is 2.33. The monoisotopic (exact) mass is 664 g/mol. The number of carbonyl (C=O) groups excluding carboxylic acids is 1. The number of hydrogen-bond donors (Lipinski definition) is 2. The van der Waals surface area contributed by atoms with Crippen LogP contribution >= 0.6 is 47.8 Å². The Morgan fingerprint density at radius 1 is 0.914 bits per heavy atom. The van der Waals surface area contributed by atoms with Crippen molar-refractivity contribution in [1.29, 1.82) is 0 Å². The van der Waals surface area contributed by atoms with E-state index in [2.05, 4.69) is 47.8 Å². The number of phenolic OH excluding ortho intramolecular Hbond substituents is 1. The van der Waals surface area contributed by atoms with Crippen molar-refractivity contribution in [1.82, 2.24) is 0 Å². The zero-order chi connectivity index (χ0) is 25.3. The predicted octanol–water partition coefficient (Wildman–Crippen LogP) is 6.78. The third kappa shape index (κ3) is 5.18. The van der Waals surface area contributed by atoms with Gasteiger partial charge in [-0.1, -0.05) is 18.2 Å². The maximum atomic E-state index is 13.1. The van der Waals surface area contributed by atoms with Gasteiger partial charge in [0, 0.05) is 5.57 Å². The Labute approximate surface area is 227 Å². The standard InChI is InChI=1S/C26H19Br3O6/c1-33-20-8-3-13(9-17(20)27)10-21-22(14-4-6-16(30)7-5-14)23(26(32)35-21)24(31)15-11-18(28)25(34-2)19(29)12-15/h3-12,24,30-31H,1-2H3/b21-10-. The van der Waals surface area contributed by atoms with E-state index in [0.29, 0.717) is 37.1 Å². The second-order valence-corrected chi connectivity index (χ2v) is 10.1. The van der Waals surface area contributed by atoms with Crippen LogP contribution in [0, 0.1) is 0 Å². The van der Waals surface area contributed by atoms with Crippen molar-refractivity contribution in [2.24, 2.45) is 0 Å². The predicted molar refractivity (Wildman–Crippen MR) is 143 cm³/mol. The van der Waals surface area contributed by atoms with E-state index in [1.54, 1.807) is 43.5 Å². The number of methoxy groups -OCH3 is 2. The first-order valence-electron chi connectivity index (χ1n) is 10.3. The Hall–Kier alpha value is -2.59. The minimum absolute atomic E-state index is 0.0781. The molecule has 1 atom stereocenters. The number of esters is 1. The number of aromatic hydroxyl groups is 1. The number of benzene rings is 3. The van der Waals surface area contributed by atoms with Crippen molar-refractivity contribution in [2.75, 3.05) is 14.2 Å². The molecule has 3 aromatic rings. The van der Waals surface area contributed by atoms with Gasteiger partial charge in [-0.25, -0.2) is 4.79 Å². The van der Waals surface area contributed by atoms with Crippen LogP contribution in [-0.4, -0.2) is 30.4 Å². The Balaban J connectivity index is 1.89. The zero-order valence-corrected chi connectivity index (χ0v) is 23.3. The summed E-state index contributed by atoms with van der Waals surface area (Å²) in [6, 6.07) is 15.2. The molecule has 0 aromatic heterocycles. The fraction of sp³-hybridized carbons (Fsp3) is 0.115. The van der Waals surface area contributed by atoms with E-state index >= 15 is 0 Å². The number of ether oxygens (including phenoxy) is 3. The smallest absolute Gasteiger partial charge is 0.343 e. The highest BCUT2D eigenvalue weighted by molar-refractivity contribution is 9.11. The molecule has 2 N–H and O–H groups in total. The molecule has 0 radical (unpaired) electrons. The summed E-state index contributed by atoms with van der Waals surface area (Å²) in [6.45, 7) is 0. The highest BCUT2D eigenvalue weighted by atomic mass is 79.9. The molecule has 1 heterocycles. The lowest BCUT2D eigenvalue weighted by molar-refractivity contribution is -0.134. The zero-order valence-electron chi connectivity index (χ0n) is 18.5. The average molecular weight is 667 g/mol. The Bertz CT molecular complexity index is 1340. The minimum Gasteiger partial charge on any atom is -0.508 e. The molecule has 9 heteroatoms. The number of cyclic esters (lactones) is 1. The number of aliphatic hydroxyl groups excluding tert-OH is 1. The molecule has 0 spiro atoms. The van der Waals surface area contributed by atoms with Crippen molar-refractivity contribution in [3.8, 4) is 17.2 Å². The van der Waals surface area contributed by atoms with Gasteiger partial charge in [-0.3, -0.25) is 0 Å². The van der Waals surface area contributed by atoms with Crippen LogP contribution < -0.4 is 9.47 Å². The van der Waals surface area contributed by atoms with Crippen LogP contribution in [-0.2, 0) is 9.53 Å². The van der Waals surface area contributed by atoms with Gasteiger partial charge in [0.1, 0.15) is 29.1 Å². The van der Waals surface area contributed by atoms with Gasteiger partial charge in [0.25, 0.3) is 0 Å². The Morgan fingerprint density at radius 2 is 1.57 bits per heavy atom. The number of phenols is 1. The van der Waals surface area contributed by atoms with Gasteiger partial charge in [-0.15, -0.1) is 0 Å². The van der Waals surface area contributed by atoms with Gasteiger partial charge in [-0.05, 0) is 107 Å². The molecule has 0 saturated heterocycles. The first-order chi connectivity index (χ1) is 16.7. The summed E-state index contributed by atoms with van der Waals surface area (Å²) in [5.74, 6) is 0.917. The summed E-state index contributed by atoms with van der Waals surface area (Å²) in [5, 5.41) is 21.1. The van der Waals surface area contributed by atoms with Gasteiger partial charge >= 0.3 is 5.97 Å². The average Bonchev–Trinajstić information content (AvgIpc) is 3.14. The normalized spacial score (nSPS) is 15.4. The summed E-state index contributed by atoms with van der Waals surface area (Å²) >= 11 is 10.3. The molecular weight excluding hydrogens is 648 g/mol. The SMILES string of the molecule is COc1ccc(/C=C2\OC(=O)C(C(O)c3cc(Br)c(OC)c(Br)c3)=C2c2ccc(O)cc2)cc1Br. The molecule has 1 aliphatic heterocycles. The van der Waals surface area contributed by atoms with Crippen LogP contribution in [0.4, 0.5) is 0 Å². The maximum Gasteiger partial charge on any atom is 0.343 e. The van der Waals surface area contributed by atoms with Crippen molar-refractivity contribution < 1.29 is 29.2 Å². The molecule has 0 aliphatic carbocycles. The molecule has 0 fully saturated rings. The van der Waals surface area contributed by atoms with Crippen molar-refractivity contribution >= 4 is 65.4 Å². The summed E-state index contributed by atoms with van der Waals surface area (Å²) < 4.78 is 18.2. The lowest BCUT2D eigenvalue weighted by atomic mass is 9.92. The number of rotatable bonds is 6. The largest absolute Gasteiger partial charge is 0.508 e. The highest BCUT2D eigenvalue weighted by Crippen LogP contribution is 2.44. The molecule has 1 unspecified atom stereocenters. The van der Waals surface area contributed by atoms with E-state index in [1.807, 2.05) is 12.1 Å². The van der Waals surface area contributed by atoms with Crippen molar-refractivity contribution in [3.63, 3.8) is 0 Å². The van der Waals surface area contributed by atoms with E-state index < -0.39 is 12.1 Å². The van der Waals surface area contributed by atoms with Gasteiger partial charge in [-0.2, -0.15) is 0 Å². The molecule has 35 heavy (non-hydrogen) atoms. The van der Waals surface area contributed by atoms with Crippen LogP contribution in [0.1, 0.15) is 22.8 Å². The second-order valence-electron chi connectivity index (χ2n) is 7.55. The maximum absolute atomic E-state index is 13.1. The number of allylic oxidation sites excluding steroid dienone is 1. The molecule has 4 rings (SSSR count). The molecule has 180 valence electrons. The first kappa shape index (κ1) is 25.5. The molecule has 0 amide bonds.